The van der Waals surface area contributed by atoms with Crippen molar-refractivity contribution in [2.75, 3.05) is 19.1 Å². The number of rotatable bonds is 10. The third-order valence-electron chi connectivity index (χ3n) is 4.64. The molecule has 1 rings (SSSR count). The van der Waals surface area contributed by atoms with Crippen molar-refractivity contribution in [3.8, 4) is 0 Å². The van der Waals surface area contributed by atoms with Gasteiger partial charge in [0.2, 0.25) is 5.91 Å². The molecule has 0 bridgehead atoms. The van der Waals surface area contributed by atoms with E-state index >= 15 is 0 Å². The molecule has 1 aliphatic rings. The largest absolute Gasteiger partial charge is 0.480 e. The molecule has 1 saturated heterocycles. The van der Waals surface area contributed by atoms with Crippen molar-refractivity contribution in [3.05, 3.63) is 0 Å². The number of hydrogen-bond acceptors (Lipinski definition) is 12. The lowest BCUT2D eigenvalue weighted by Gasteiger charge is -2.41. The van der Waals surface area contributed by atoms with Crippen LogP contribution in [-0.2, 0) is 28.7 Å². The molecule has 0 aliphatic carbocycles. The Bertz CT molecular complexity index is 644. The van der Waals surface area contributed by atoms with E-state index in [2.05, 4.69) is 10.6 Å². The summed E-state index contributed by atoms with van der Waals surface area (Å²) < 4.78 is 5.09. The van der Waals surface area contributed by atoms with Crippen LogP contribution in [0.25, 0.3) is 0 Å². The van der Waals surface area contributed by atoms with Gasteiger partial charge in [-0.15, -0.1) is 0 Å². The number of likely N-dealkylation sites (N-methyl/N-ethyl adjacent to an activating group) is 1. The quantitative estimate of drug-likeness (QED) is 0.164. The maximum Gasteiger partial charge on any atom is 0.373 e. The Morgan fingerprint density at radius 1 is 1.10 bits per heavy atom. The van der Waals surface area contributed by atoms with E-state index in [4.69, 9.17) is 14.3 Å². The molecule has 13 nitrogen and oxygen atoms in total. The number of carboxylic acid groups (broad SMARTS) is 1. The lowest BCUT2D eigenvalue weighted by Crippen LogP contribution is -2.62. The summed E-state index contributed by atoms with van der Waals surface area (Å²) >= 11 is 1.19. The minimum atomic E-state index is -1.89. The molecule has 7 N–H and O–H groups in total. The average Bonchev–Trinajstić information content (AvgIpc) is 2.72. The highest BCUT2D eigenvalue weighted by Gasteiger charge is 2.48. The summed E-state index contributed by atoms with van der Waals surface area (Å²) in [6, 6.07) is -1.89. The van der Waals surface area contributed by atoms with E-state index in [1.54, 1.807) is 13.2 Å². The first-order valence-electron chi connectivity index (χ1n) is 9.05. The van der Waals surface area contributed by atoms with Gasteiger partial charge in [0.25, 0.3) is 0 Å². The summed E-state index contributed by atoms with van der Waals surface area (Å²) in [6.07, 6.45) is -7.37. The fourth-order valence-corrected chi connectivity index (χ4v) is 3.31. The Morgan fingerprint density at radius 3 is 2.10 bits per heavy atom. The van der Waals surface area contributed by atoms with Crippen LogP contribution in [-0.4, -0.2) is 111 Å². The van der Waals surface area contributed by atoms with Crippen LogP contribution in [0.2, 0.25) is 0 Å². The Kier molecular flexibility index (Phi) is 13.3. The third-order valence-corrected chi connectivity index (χ3v) is 5.31. The van der Waals surface area contributed by atoms with Gasteiger partial charge < -0.3 is 40.9 Å². The van der Waals surface area contributed by atoms with E-state index in [0.717, 1.165) is 0 Å². The van der Waals surface area contributed by atoms with E-state index in [-0.39, 0.29) is 11.9 Å². The predicted molar refractivity (Wildman–Crippen MR) is 103 cm³/mol. The molecule has 0 spiro atoms. The molecule has 178 valence electrons. The van der Waals surface area contributed by atoms with Crippen molar-refractivity contribution in [1.82, 2.24) is 10.6 Å². The highest BCUT2D eigenvalue weighted by Crippen LogP contribution is 2.28. The van der Waals surface area contributed by atoms with Gasteiger partial charge in [-0.3, -0.25) is 9.59 Å². The number of thioether (sulfide) groups is 1. The fourth-order valence-electron chi connectivity index (χ4n) is 2.75. The molecule has 0 aromatic heterocycles. The number of carbonyl (C=O) groups is 3. The maximum atomic E-state index is 12.7. The number of amides is 1. The number of carbonyl (C=O) groups excluding carboxylic acids is 4. The van der Waals surface area contributed by atoms with Crippen molar-refractivity contribution in [1.29, 1.82) is 0 Å². The standard InChI is InChI=1S/C16H28N2O9S.CO2/c1-6(17-2)9(19)4-7(14(23)18-8(5-28-3)15(24)25)13-11(21)10(20)12(22)16(26)27-13;2-1-3/h6-8,10-13,16-17,20-22,26H,4-5H2,1-3H3,(H,18,23)(H,24,25);/t6-,7?,8-,10?,11?,12?,13?,16?;/m0./s1. The average molecular weight is 468 g/mol. The lowest BCUT2D eigenvalue weighted by atomic mass is 9.85. The molecule has 0 radical (unpaired) electrons. The van der Waals surface area contributed by atoms with Crippen LogP contribution in [0.4, 0.5) is 0 Å². The second kappa shape index (κ2) is 14.2. The molecule has 14 heteroatoms. The molecular formula is C17H28N2O11S. The van der Waals surface area contributed by atoms with Gasteiger partial charge >= 0.3 is 12.1 Å². The molecule has 1 aliphatic heterocycles. The Balaban J connectivity index is 0.00000282. The zero-order chi connectivity index (χ0) is 24.3. The molecule has 0 saturated carbocycles. The highest BCUT2D eigenvalue weighted by molar-refractivity contribution is 7.98. The first-order chi connectivity index (χ1) is 14.5. The summed E-state index contributed by atoms with van der Waals surface area (Å²) in [4.78, 5) is 52.6. The number of hydrogen-bond donors (Lipinski definition) is 7. The van der Waals surface area contributed by atoms with Gasteiger partial charge in [0.1, 0.15) is 36.2 Å². The Hall–Kier alpha value is -1.90. The zero-order valence-electron chi connectivity index (χ0n) is 17.1. The maximum absolute atomic E-state index is 12.7. The predicted octanol–water partition coefficient (Wildman–Crippen LogP) is -3.68. The SMILES string of the molecule is CN[C@@H](C)C(=O)CC(C(=O)N[C@@H](CSC)C(=O)O)C1OC(O)C(O)C(O)C1O.O=C=O. The molecular weight excluding hydrogens is 440 g/mol. The summed E-state index contributed by atoms with van der Waals surface area (Å²) in [5.41, 5.74) is 0. The smallest absolute Gasteiger partial charge is 0.373 e. The molecule has 1 amide bonds. The number of ketones is 1. The number of aliphatic hydroxyl groups is 4. The van der Waals surface area contributed by atoms with Crippen LogP contribution < -0.4 is 10.6 Å². The van der Waals surface area contributed by atoms with E-state index in [1.807, 2.05) is 0 Å². The lowest BCUT2D eigenvalue weighted by molar-refractivity contribution is -0.289. The van der Waals surface area contributed by atoms with E-state index in [1.165, 1.54) is 18.8 Å². The molecule has 31 heavy (non-hydrogen) atoms. The van der Waals surface area contributed by atoms with Crippen molar-refractivity contribution in [2.24, 2.45) is 5.92 Å². The van der Waals surface area contributed by atoms with Crippen LogP contribution in [0, 0.1) is 5.92 Å². The Morgan fingerprint density at radius 2 is 1.65 bits per heavy atom. The van der Waals surface area contributed by atoms with Crippen molar-refractivity contribution in [2.45, 2.75) is 56.1 Å². The number of ether oxygens (including phenoxy) is 1. The second-order valence-corrected chi connectivity index (χ2v) is 7.60. The highest BCUT2D eigenvalue weighted by atomic mass is 32.2. The van der Waals surface area contributed by atoms with Gasteiger partial charge in [-0.05, 0) is 20.2 Å². The molecule has 0 aromatic carbocycles. The molecule has 1 heterocycles. The van der Waals surface area contributed by atoms with Gasteiger partial charge in [-0.1, -0.05) is 0 Å². The second-order valence-electron chi connectivity index (χ2n) is 6.69. The van der Waals surface area contributed by atoms with Gasteiger partial charge in [0.05, 0.1) is 12.0 Å². The van der Waals surface area contributed by atoms with Crippen molar-refractivity contribution < 1.29 is 54.2 Å². The van der Waals surface area contributed by atoms with Crippen LogP contribution in [0.5, 0.6) is 0 Å². The molecule has 0 aromatic rings. The normalized spacial score (nSPS) is 28.2. The van der Waals surface area contributed by atoms with Gasteiger partial charge in [-0.2, -0.15) is 21.4 Å². The first-order valence-corrected chi connectivity index (χ1v) is 10.4. The van der Waals surface area contributed by atoms with E-state index < -0.39 is 72.8 Å². The minimum Gasteiger partial charge on any atom is -0.480 e. The van der Waals surface area contributed by atoms with Gasteiger partial charge in [-0.25, -0.2) is 4.79 Å². The van der Waals surface area contributed by atoms with Crippen LogP contribution >= 0.6 is 11.8 Å². The summed E-state index contributed by atoms with van der Waals surface area (Å²) in [6.45, 7) is 1.55. The fraction of sp³-hybridized carbons (Fsp3) is 0.765. The zero-order valence-corrected chi connectivity index (χ0v) is 17.9. The monoisotopic (exact) mass is 468 g/mol. The first kappa shape index (κ1) is 29.1. The summed E-state index contributed by atoms with van der Waals surface area (Å²) in [5, 5.41) is 53.7. The summed E-state index contributed by atoms with van der Waals surface area (Å²) in [5.74, 6) is -3.94. The van der Waals surface area contributed by atoms with Crippen LogP contribution in [0.3, 0.4) is 0 Å². The van der Waals surface area contributed by atoms with Crippen LogP contribution in [0.15, 0.2) is 0 Å². The Labute approximate surface area is 182 Å². The third kappa shape index (κ3) is 8.63. The minimum absolute atomic E-state index is 0.0622. The summed E-state index contributed by atoms with van der Waals surface area (Å²) in [7, 11) is 1.53. The molecule has 8 atom stereocenters. The number of nitrogens with one attached hydrogen (secondary N) is 2. The van der Waals surface area contributed by atoms with Gasteiger partial charge in [0.15, 0.2) is 6.29 Å². The van der Waals surface area contributed by atoms with Crippen molar-refractivity contribution >= 4 is 35.6 Å². The topological polar surface area (TPSA) is 220 Å². The molecule has 6 unspecified atom stereocenters. The molecule has 1 fully saturated rings. The number of aliphatic carboxylic acids is 1. The van der Waals surface area contributed by atoms with Crippen LogP contribution in [0.1, 0.15) is 13.3 Å². The van der Waals surface area contributed by atoms with Gasteiger partial charge in [0, 0.05) is 12.2 Å². The van der Waals surface area contributed by atoms with E-state index in [9.17, 15) is 39.9 Å². The number of aliphatic hydroxyl groups excluding tert-OH is 4. The number of Topliss-reactive ketones (excluding diaryl/α,β-unsaturated/α-hetero) is 1. The van der Waals surface area contributed by atoms with E-state index in [0.29, 0.717) is 0 Å². The number of carboxylic acids is 1. The van der Waals surface area contributed by atoms with Crippen molar-refractivity contribution in [3.63, 3.8) is 0 Å².